The fraction of sp³-hybridized carbons (Fsp3) is 0.176. The van der Waals surface area contributed by atoms with E-state index in [4.69, 9.17) is 4.74 Å². The first kappa shape index (κ1) is 15.7. The molecule has 7 heteroatoms. The number of nitrogens with zero attached hydrogens (tertiary/aromatic N) is 4. The van der Waals surface area contributed by atoms with Gasteiger partial charge in [0, 0.05) is 18.9 Å². The Morgan fingerprint density at radius 3 is 2.75 bits per heavy atom. The maximum Gasteiger partial charge on any atom is 0.249 e. The Hall–Kier alpha value is -3.22. The first-order valence-corrected chi connectivity index (χ1v) is 7.66. The van der Waals surface area contributed by atoms with E-state index in [9.17, 15) is 0 Å². The molecular weight excluding hydrogens is 304 g/mol. The van der Waals surface area contributed by atoms with E-state index in [-0.39, 0.29) is 0 Å². The Balaban J connectivity index is 1.69. The Labute approximate surface area is 140 Å². The van der Waals surface area contributed by atoms with Gasteiger partial charge in [0.1, 0.15) is 5.75 Å². The van der Waals surface area contributed by atoms with Crippen LogP contribution < -0.4 is 15.4 Å². The number of nitrogens with one attached hydrogen (secondary N) is 2. The Morgan fingerprint density at radius 1 is 1.08 bits per heavy atom. The van der Waals surface area contributed by atoms with E-state index in [1.165, 1.54) is 0 Å². The summed E-state index contributed by atoms with van der Waals surface area (Å²) in [5.41, 5.74) is 1.91. The second-order valence-corrected chi connectivity index (χ2v) is 4.93. The lowest BCUT2D eigenvalue weighted by Crippen LogP contribution is -2.06. The van der Waals surface area contributed by atoms with Gasteiger partial charge in [-0.2, -0.15) is 10.1 Å². The van der Waals surface area contributed by atoms with Crippen molar-refractivity contribution in [3.05, 3.63) is 60.6 Å². The molecule has 0 atom stereocenters. The van der Waals surface area contributed by atoms with Crippen LogP contribution in [0.2, 0.25) is 0 Å². The van der Waals surface area contributed by atoms with E-state index < -0.39 is 0 Å². The van der Waals surface area contributed by atoms with Crippen molar-refractivity contribution in [2.24, 2.45) is 0 Å². The predicted molar refractivity (Wildman–Crippen MR) is 92.3 cm³/mol. The standard InChI is InChI=1S/C17H18N6O/c1-2-24-15-6-4-3-5-14(15)21-17-22-16(12-20-23-17)19-11-13-7-9-18-10-8-13/h3-10,12H,2,11H2,1H3,(H2,19,21,22,23). The Kier molecular flexibility index (Phi) is 5.14. The van der Waals surface area contributed by atoms with Gasteiger partial charge < -0.3 is 15.4 Å². The fourth-order valence-corrected chi connectivity index (χ4v) is 2.11. The molecule has 3 aromatic rings. The molecule has 2 aromatic heterocycles. The molecule has 0 amide bonds. The van der Waals surface area contributed by atoms with Crippen LogP contribution in [-0.2, 0) is 6.54 Å². The number of para-hydroxylation sites is 2. The van der Waals surface area contributed by atoms with Crippen LogP contribution in [0.4, 0.5) is 17.5 Å². The minimum Gasteiger partial charge on any atom is -0.492 e. The van der Waals surface area contributed by atoms with E-state index in [0.717, 1.165) is 17.0 Å². The number of pyridine rings is 1. The third-order valence-electron chi connectivity index (χ3n) is 3.22. The summed E-state index contributed by atoms with van der Waals surface area (Å²) in [6.45, 7) is 3.17. The van der Waals surface area contributed by atoms with E-state index in [2.05, 4.69) is 30.8 Å². The van der Waals surface area contributed by atoms with Crippen LogP contribution >= 0.6 is 0 Å². The molecule has 0 aliphatic rings. The summed E-state index contributed by atoms with van der Waals surface area (Å²) in [5.74, 6) is 1.79. The average Bonchev–Trinajstić information content (AvgIpc) is 2.63. The third-order valence-corrected chi connectivity index (χ3v) is 3.22. The zero-order valence-corrected chi connectivity index (χ0v) is 13.3. The van der Waals surface area contributed by atoms with Crippen molar-refractivity contribution in [2.45, 2.75) is 13.5 Å². The van der Waals surface area contributed by atoms with Crippen molar-refractivity contribution < 1.29 is 4.74 Å². The van der Waals surface area contributed by atoms with Crippen LogP contribution in [0.5, 0.6) is 5.75 Å². The molecule has 24 heavy (non-hydrogen) atoms. The molecular formula is C17H18N6O. The summed E-state index contributed by atoms with van der Waals surface area (Å²) in [6.07, 6.45) is 5.10. The Bertz CT molecular complexity index is 781. The van der Waals surface area contributed by atoms with Gasteiger partial charge in [-0.1, -0.05) is 12.1 Å². The van der Waals surface area contributed by atoms with Crippen molar-refractivity contribution in [1.82, 2.24) is 20.2 Å². The van der Waals surface area contributed by atoms with Gasteiger partial charge in [-0.05, 0) is 36.8 Å². The van der Waals surface area contributed by atoms with Gasteiger partial charge in [0.05, 0.1) is 18.5 Å². The van der Waals surface area contributed by atoms with Gasteiger partial charge in [0.15, 0.2) is 5.82 Å². The number of hydrogen-bond donors (Lipinski definition) is 2. The number of anilines is 3. The largest absolute Gasteiger partial charge is 0.492 e. The van der Waals surface area contributed by atoms with E-state index in [0.29, 0.717) is 24.9 Å². The molecule has 0 unspecified atom stereocenters. The number of benzene rings is 1. The molecule has 1 aromatic carbocycles. The van der Waals surface area contributed by atoms with E-state index in [1.54, 1.807) is 18.6 Å². The SMILES string of the molecule is CCOc1ccccc1Nc1nncc(NCc2ccncc2)n1. The zero-order chi connectivity index (χ0) is 16.6. The summed E-state index contributed by atoms with van der Waals surface area (Å²) < 4.78 is 5.58. The quantitative estimate of drug-likeness (QED) is 0.691. The molecule has 3 rings (SSSR count). The monoisotopic (exact) mass is 322 g/mol. The van der Waals surface area contributed by atoms with Gasteiger partial charge in [-0.15, -0.1) is 5.10 Å². The van der Waals surface area contributed by atoms with Crippen molar-refractivity contribution in [2.75, 3.05) is 17.2 Å². The lowest BCUT2D eigenvalue weighted by molar-refractivity contribution is 0.342. The van der Waals surface area contributed by atoms with Gasteiger partial charge >= 0.3 is 0 Å². The number of ether oxygens (including phenoxy) is 1. The van der Waals surface area contributed by atoms with Crippen LogP contribution in [0, 0.1) is 0 Å². The van der Waals surface area contributed by atoms with Crippen LogP contribution in [0.1, 0.15) is 12.5 Å². The first-order valence-electron chi connectivity index (χ1n) is 7.66. The first-order chi connectivity index (χ1) is 11.8. The van der Waals surface area contributed by atoms with Crippen LogP contribution in [0.25, 0.3) is 0 Å². The second-order valence-electron chi connectivity index (χ2n) is 4.93. The van der Waals surface area contributed by atoms with Gasteiger partial charge in [-0.25, -0.2) is 0 Å². The Morgan fingerprint density at radius 2 is 1.92 bits per heavy atom. The molecule has 0 radical (unpaired) electrons. The summed E-state index contributed by atoms with van der Waals surface area (Å²) in [7, 11) is 0. The molecule has 0 bridgehead atoms. The van der Waals surface area contributed by atoms with E-state index in [1.807, 2.05) is 43.3 Å². The number of rotatable bonds is 7. The molecule has 2 N–H and O–H groups in total. The molecule has 0 saturated carbocycles. The molecule has 122 valence electrons. The maximum atomic E-state index is 5.58. The van der Waals surface area contributed by atoms with Gasteiger partial charge in [0.2, 0.25) is 5.95 Å². The topological polar surface area (TPSA) is 84.9 Å². The molecule has 0 aliphatic heterocycles. The van der Waals surface area contributed by atoms with Crippen LogP contribution in [0.15, 0.2) is 55.0 Å². The lowest BCUT2D eigenvalue weighted by atomic mass is 10.3. The molecule has 2 heterocycles. The highest BCUT2D eigenvalue weighted by Crippen LogP contribution is 2.26. The summed E-state index contributed by atoms with van der Waals surface area (Å²) >= 11 is 0. The minimum absolute atomic E-state index is 0.405. The smallest absolute Gasteiger partial charge is 0.249 e. The molecule has 0 spiro atoms. The van der Waals surface area contributed by atoms with Gasteiger partial charge in [-0.3, -0.25) is 4.98 Å². The molecule has 0 aliphatic carbocycles. The van der Waals surface area contributed by atoms with Crippen LogP contribution in [-0.4, -0.2) is 26.8 Å². The summed E-state index contributed by atoms with van der Waals surface area (Å²) in [5, 5.41) is 14.3. The zero-order valence-electron chi connectivity index (χ0n) is 13.3. The summed E-state index contributed by atoms with van der Waals surface area (Å²) in [4.78, 5) is 8.41. The highest BCUT2D eigenvalue weighted by atomic mass is 16.5. The lowest BCUT2D eigenvalue weighted by Gasteiger charge is -2.11. The number of hydrogen-bond acceptors (Lipinski definition) is 7. The van der Waals surface area contributed by atoms with Crippen molar-refractivity contribution in [1.29, 1.82) is 0 Å². The number of aromatic nitrogens is 4. The third kappa shape index (κ3) is 4.16. The molecule has 0 fully saturated rings. The summed E-state index contributed by atoms with van der Waals surface area (Å²) in [6, 6.07) is 11.5. The average molecular weight is 322 g/mol. The second kappa shape index (κ2) is 7.87. The van der Waals surface area contributed by atoms with E-state index >= 15 is 0 Å². The highest BCUT2D eigenvalue weighted by molar-refractivity contribution is 5.62. The van der Waals surface area contributed by atoms with Gasteiger partial charge in [0.25, 0.3) is 0 Å². The van der Waals surface area contributed by atoms with Crippen molar-refractivity contribution in [3.63, 3.8) is 0 Å². The van der Waals surface area contributed by atoms with Crippen LogP contribution in [0.3, 0.4) is 0 Å². The normalized spacial score (nSPS) is 10.2. The van der Waals surface area contributed by atoms with Crippen molar-refractivity contribution >= 4 is 17.5 Å². The fourth-order valence-electron chi connectivity index (χ4n) is 2.11. The highest BCUT2D eigenvalue weighted by Gasteiger charge is 2.06. The predicted octanol–water partition coefficient (Wildman–Crippen LogP) is 3.02. The maximum absolute atomic E-state index is 5.58. The molecule has 0 saturated heterocycles. The molecule has 7 nitrogen and oxygen atoms in total. The minimum atomic E-state index is 0.405. The van der Waals surface area contributed by atoms with Crippen molar-refractivity contribution in [3.8, 4) is 5.75 Å².